The van der Waals surface area contributed by atoms with Gasteiger partial charge in [0.15, 0.2) is 5.11 Å². The Morgan fingerprint density at radius 2 is 1.69 bits per heavy atom. The van der Waals surface area contributed by atoms with E-state index in [9.17, 15) is 4.79 Å². The number of amides is 1. The van der Waals surface area contributed by atoms with E-state index in [0.717, 1.165) is 40.1 Å². The molecular formula is C27H29N5O2S. The normalized spacial score (nSPS) is 11.0. The lowest BCUT2D eigenvalue weighted by Gasteiger charge is -2.12. The third-order valence-corrected chi connectivity index (χ3v) is 5.68. The van der Waals surface area contributed by atoms with Crippen molar-refractivity contribution in [2.24, 2.45) is 5.92 Å². The van der Waals surface area contributed by atoms with Gasteiger partial charge in [-0.3, -0.25) is 10.1 Å². The van der Waals surface area contributed by atoms with Crippen LogP contribution in [-0.2, 0) is 6.42 Å². The zero-order chi connectivity index (χ0) is 24.9. The van der Waals surface area contributed by atoms with Gasteiger partial charge >= 0.3 is 0 Å². The van der Waals surface area contributed by atoms with Crippen molar-refractivity contribution < 1.29 is 9.53 Å². The van der Waals surface area contributed by atoms with Crippen molar-refractivity contribution in [1.29, 1.82) is 0 Å². The van der Waals surface area contributed by atoms with Crippen molar-refractivity contribution in [2.75, 3.05) is 11.9 Å². The molecule has 0 unspecified atom stereocenters. The van der Waals surface area contributed by atoms with E-state index in [4.69, 9.17) is 17.0 Å². The van der Waals surface area contributed by atoms with Crippen molar-refractivity contribution >= 4 is 40.0 Å². The van der Waals surface area contributed by atoms with Crippen LogP contribution in [0.4, 0.5) is 5.69 Å². The summed E-state index contributed by atoms with van der Waals surface area (Å²) in [5.74, 6) is 0.869. The van der Waals surface area contributed by atoms with Gasteiger partial charge in [-0.05, 0) is 91.1 Å². The molecule has 0 aliphatic carbocycles. The van der Waals surface area contributed by atoms with Crippen molar-refractivity contribution in [1.82, 2.24) is 20.3 Å². The molecule has 7 nitrogen and oxygen atoms in total. The monoisotopic (exact) mass is 487 g/mol. The Morgan fingerprint density at radius 3 is 2.31 bits per heavy atom. The Labute approximate surface area is 210 Å². The van der Waals surface area contributed by atoms with Crippen LogP contribution in [0.1, 0.15) is 42.3 Å². The summed E-state index contributed by atoms with van der Waals surface area (Å²) in [6, 6.07) is 19.0. The van der Waals surface area contributed by atoms with Gasteiger partial charge in [0.1, 0.15) is 16.8 Å². The molecule has 0 saturated heterocycles. The smallest absolute Gasteiger partial charge is 0.257 e. The number of hydrogen-bond acceptors (Lipinski definition) is 5. The van der Waals surface area contributed by atoms with Gasteiger partial charge in [-0.25, -0.2) is 0 Å². The van der Waals surface area contributed by atoms with Gasteiger partial charge < -0.3 is 10.1 Å². The summed E-state index contributed by atoms with van der Waals surface area (Å²) < 4.78 is 5.67. The second-order valence-corrected chi connectivity index (χ2v) is 9.21. The van der Waals surface area contributed by atoms with Crippen LogP contribution >= 0.6 is 12.2 Å². The molecule has 1 aromatic heterocycles. The maximum Gasteiger partial charge on any atom is 0.257 e. The zero-order valence-electron chi connectivity index (χ0n) is 20.3. The first-order valence-electron chi connectivity index (χ1n) is 11.6. The number of anilines is 1. The first-order chi connectivity index (χ1) is 16.8. The Balaban J connectivity index is 1.43. The fourth-order valence-electron chi connectivity index (χ4n) is 3.48. The number of thiocarbonyl (C=S) groups is 1. The highest BCUT2D eigenvalue weighted by Crippen LogP contribution is 2.22. The minimum absolute atomic E-state index is 0.208. The summed E-state index contributed by atoms with van der Waals surface area (Å²) in [6.07, 6.45) is 0.984. The lowest BCUT2D eigenvalue weighted by atomic mass is 10.2. The van der Waals surface area contributed by atoms with E-state index in [1.165, 1.54) is 5.56 Å². The number of benzene rings is 3. The lowest BCUT2D eigenvalue weighted by Crippen LogP contribution is -2.34. The van der Waals surface area contributed by atoms with Gasteiger partial charge in [0, 0.05) is 11.3 Å². The quantitative estimate of drug-likeness (QED) is 0.337. The minimum Gasteiger partial charge on any atom is -0.493 e. The second kappa shape index (κ2) is 10.7. The number of nitrogens with zero attached hydrogens (tertiary/aromatic N) is 3. The van der Waals surface area contributed by atoms with Crippen LogP contribution in [-0.4, -0.2) is 32.6 Å². The average molecular weight is 488 g/mol. The summed E-state index contributed by atoms with van der Waals surface area (Å²) >= 11 is 5.39. The number of ether oxygens (including phenoxy) is 1. The summed E-state index contributed by atoms with van der Waals surface area (Å²) in [7, 11) is 0. The van der Waals surface area contributed by atoms with Gasteiger partial charge in [0.25, 0.3) is 5.91 Å². The molecule has 0 bridgehead atoms. The van der Waals surface area contributed by atoms with E-state index in [2.05, 4.69) is 53.7 Å². The van der Waals surface area contributed by atoms with Crippen molar-refractivity contribution in [2.45, 2.75) is 34.1 Å². The largest absolute Gasteiger partial charge is 0.493 e. The van der Waals surface area contributed by atoms with Gasteiger partial charge in [-0.1, -0.05) is 32.9 Å². The van der Waals surface area contributed by atoms with Gasteiger partial charge in [0.2, 0.25) is 0 Å². The number of aryl methyl sites for hydroxylation is 2. The predicted octanol–water partition coefficient (Wildman–Crippen LogP) is 5.45. The fraction of sp³-hybridized carbons (Fsp3) is 0.259. The lowest BCUT2D eigenvalue weighted by molar-refractivity contribution is 0.0977. The number of nitrogens with one attached hydrogen (secondary N) is 2. The first-order valence-corrected chi connectivity index (χ1v) is 12.1. The summed E-state index contributed by atoms with van der Waals surface area (Å²) in [6.45, 7) is 8.88. The maximum absolute atomic E-state index is 12.6. The molecular weight excluding hydrogens is 458 g/mol. The highest BCUT2D eigenvalue weighted by molar-refractivity contribution is 7.80. The third-order valence-electron chi connectivity index (χ3n) is 5.48. The third kappa shape index (κ3) is 6.02. The molecule has 4 aromatic rings. The Hall–Kier alpha value is -3.78. The van der Waals surface area contributed by atoms with E-state index in [-0.39, 0.29) is 11.0 Å². The molecule has 180 valence electrons. The highest BCUT2D eigenvalue weighted by Gasteiger charge is 2.12. The van der Waals surface area contributed by atoms with Crippen molar-refractivity contribution in [3.05, 3.63) is 77.4 Å². The van der Waals surface area contributed by atoms with E-state index in [1.54, 1.807) is 29.1 Å². The SMILES string of the molecule is CCc1ccc(-n2nc3cc(C)c(NC(=S)NC(=O)c4ccc(OCC(C)C)cc4)cc3n2)cc1. The van der Waals surface area contributed by atoms with Gasteiger partial charge in [-0.15, -0.1) is 10.2 Å². The number of carbonyl (C=O) groups is 1. The topological polar surface area (TPSA) is 81.1 Å². The van der Waals surface area contributed by atoms with Crippen LogP contribution in [0.5, 0.6) is 5.75 Å². The molecule has 0 aliphatic rings. The molecule has 35 heavy (non-hydrogen) atoms. The minimum atomic E-state index is -0.293. The van der Waals surface area contributed by atoms with E-state index < -0.39 is 0 Å². The van der Waals surface area contributed by atoms with Crippen LogP contribution in [0.2, 0.25) is 0 Å². The van der Waals surface area contributed by atoms with Crippen molar-refractivity contribution in [3.8, 4) is 11.4 Å². The number of hydrogen-bond donors (Lipinski definition) is 2. The Bertz CT molecular complexity index is 1340. The molecule has 1 amide bonds. The van der Waals surface area contributed by atoms with Crippen molar-refractivity contribution in [3.63, 3.8) is 0 Å². The molecule has 0 aliphatic heterocycles. The molecule has 3 aromatic carbocycles. The summed E-state index contributed by atoms with van der Waals surface area (Å²) in [5, 5.41) is 15.3. The molecule has 0 atom stereocenters. The average Bonchev–Trinajstić information content (AvgIpc) is 3.25. The van der Waals surface area contributed by atoms with E-state index in [1.807, 2.05) is 31.2 Å². The molecule has 8 heteroatoms. The Kier molecular flexibility index (Phi) is 7.41. The number of aromatic nitrogens is 3. The molecule has 2 N–H and O–H groups in total. The molecule has 1 heterocycles. The fourth-order valence-corrected chi connectivity index (χ4v) is 3.68. The van der Waals surface area contributed by atoms with Crippen LogP contribution in [0.25, 0.3) is 16.7 Å². The predicted molar refractivity (Wildman–Crippen MR) is 143 cm³/mol. The summed E-state index contributed by atoms with van der Waals surface area (Å²) in [5.41, 5.74) is 5.86. The zero-order valence-corrected chi connectivity index (χ0v) is 21.1. The van der Waals surface area contributed by atoms with Crippen LogP contribution in [0, 0.1) is 12.8 Å². The second-order valence-electron chi connectivity index (χ2n) is 8.80. The van der Waals surface area contributed by atoms with Crippen LogP contribution in [0.3, 0.4) is 0 Å². The van der Waals surface area contributed by atoms with Gasteiger partial charge in [-0.2, -0.15) is 4.80 Å². The standard InChI is InChI=1S/C27H29N5O2S/c1-5-19-6-10-21(11-7-19)32-30-24-14-18(4)23(15-25(24)31-32)28-27(35)29-26(33)20-8-12-22(13-9-20)34-16-17(2)3/h6-15,17H,5,16H2,1-4H3,(H2,28,29,33,35). The molecule has 0 radical (unpaired) electrons. The molecule has 4 rings (SSSR count). The van der Waals surface area contributed by atoms with Crippen LogP contribution in [0.15, 0.2) is 60.7 Å². The number of carbonyl (C=O) groups excluding carboxylic acids is 1. The molecule has 0 fully saturated rings. The molecule has 0 saturated carbocycles. The van der Waals surface area contributed by atoms with Crippen LogP contribution < -0.4 is 15.4 Å². The first kappa shape index (κ1) is 24.3. The number of rotatable bonds is 7. The highest BCUT2D eigenvalue weighted by atomic mass is 32.1. The van der Waals surface area contributed by atoms with Gasteiger partial charge in [0.05, 0.1) is 12.3 Å². The van der Waals surface area contributed by atoms with E-state index in [0.29, 0.717) is 18.1 Å². The molecule has 0 spiro atoms. The number of fused-ring (bicyclic) bond motifs is 1. The Morgan fingerprint density at radius 1 is 1.03 bits per heavy atom. The van der Waals surface area contributed by atoms with E-state index >= 15 is 0 Å². The summed E-state index contributed by atoms with van der Waals surface area (Å²) in [4.78, 5) is 14.2. The maximum atomic E-state index is 12.6.